The molecule has 1 rings (SSSR count). The van der Waals surface area contributed by atoms with E-state index in [0.717, 1.165) is 44.3 Å². The maximum Gasteiger partial charge on any atom is 0.280 e. The first-order valence-electron chi connectivity index (χ1n) is 10.2. The van der Waals surface area contributed by atoms with Gasteiger partial charge < -0.3 is 10.1 Å². The molecule has 0 aliphatic rings. The van der Waals surface area contributed by atoms with Crippen molar-refractivity contribution in [3.63, 3.8) is 0 Å². The molecule has 0 atom stereocenters. The fraction of sp³-hybridized carbons (Fsp3) is 0.522. The minimum Gasteiger partial charge on any atom is -0.494 e. The quantitative estimate of drug-likeness (QED) is 0.197. The summed E-state index contributed by atoms with van der Waals surface area (Å²) in [6, 6.07) is 5.27. The Morgan fingerprint density at radius 1 is 1.14 bits per heavy atom. The number of allylic oxidation sites excluding steroid dienone is 3. The van der Waals surface area contributed by atoms with Crippen LogP contribution in [0.1, 0.15) is 59.3 Å². The van der Waals surface area contributed by atoms with Crippen molar-refractivity contribution in [3.05, 3.63) is 51.8 Å². The summed E-state index contributed by atoms with van der Waals surface area (Å²) in [7, 11) is 0. The van der Waals surface area contributed by atoms with E-state index in [0.29, 0.717) is 34.7 Å². The normalized spacial score (nSPS) is 12.4. The molecule has 0 fully saturated rings. The van der Waals surface area contributed by atoms with Crippen molar-refractivity contribution in [2.45, 2.75) is 59.3 Å². The van der Waals surface area contributed by atoms with Crippen molar-refractivity contribution in [2.24, 2.45) is 5.92 Å². The SMILES string of the molecule is CC(/C=C/CCCCCCCOc1ccc(Cl)c(Cl)c1)=C(/F)C(=O)NCC(C)C. The highest BCUT2D eigenvalue weighted by atomic mass is 35.5. The van der Waals surface area contributed by atoms with Gasteiger partial charge in [0.25, 0.3) is 5.91 Å². The number of unbranched alkanes of at least 4 members (excludes halogenated alkanes) is 5. The van der Waals surface area contributed by atoms with E-state index in [-0.39, 0.29) is 0 Å². The van der Waals surface area contributed by atoms with E-state index < -0.39 is 11.7 Å². The molecule has 6 heteroatoms. The van der Waals surface area contributed by atoms with Crippen molar-refractivity contribution >= 4 is 29.1 Å². The van der Waals surface area contributed by atoms with Crippen LogP contribution in [0.5, 0.6) is 5.75 Å². The van der Waals surface area contributed by atoms with Crippen LogP contribution in [-0.4, -0.2) is 19.1 Å². The van der Waals surface area contributed by atoms with Crippen molar-refractivity contribution in [1.29, 1.82) is 0 Å². The number of hydrogen-bond acceptors (Lipinski definition) is 2. The fourth-order valence-corrected chi connectivity index (χ4v) is 2.83. The van der Waals surface area contributed by atoms with E-state index in [1.54, 1.807) is 25.1 Å². The molecule has 1 N–H and O–H groups in total. The van der Waals surface area contributed by atoms with Gasteiger partial charge in [-0.2, -0.15) is 0 Å². The van der Waals surface area contributed by atoms with Gasteiger partial charge in [0.15, 0.2) is 5.83 Å². The average Bonchev–Trinajstić information content (AvgIpc) is 2.69. The Hall–Kier alpha value is -1.52. The van der Waals surface area contributed by atoms with Crippen LogP contribution in [0.15, 0.2) is 41.8 Å². The molecule has 1 aromatic carbocycles. The Bertz CT molecular complexity index is 702. The van der Waals surface area contributed by atoms with Gasteiger partial charge in [0, 0.05) is 12.6 Å². The van der Waals surface area contributed by atoms with Crippen LogP contribution in [0.4, 0.5) is 4.39 Å². The van der Waals surface area contributed by atoms with Gasteiger partial charge in [-0.15, -0.1) is 0 Å². The summed E-state index contributed by atoms with van der Waals surface area (Å²) < 4.78 is 19.6. The number of carbonyl (C=O) groups excluding carboxylic acids is 1. The monoisotopic (exact) mass is 443 g/mol. The standard InChI is InChI=1S/C23H32Cl2FNO2/c1-17(2)16-27-23(28)22(26)18(3)11-9-7-5-4-6-8-10-14-29-19-12-13-20(24)21(25)15-19/h9,11-13,15,17H,4-8,10,14,16H2,1-3H3,(H,27,28)/b11-9+,22-18-. The second kappa shape index (κ2) is 14.5. The highest BCUT2D eigenvalue weighted by Gasteiger charge is 2.10. The van der Waals surface area contributed by atoms with E-state index >= 15 is 0 Å². The highest BCUT2D eigenvalue weighted by molar-refractivity contribution is 6.42. The Morgan fingerprint density at radius 2 is 1.83 bits per heavy atom. The number of halogens is 3. The van der Waals surface area contributed by atoms with Crippen molar-refractivity contribution in [1.82, 2.24) is 5.32 Å². The first-order valence-corrected chi connectivity index (χ1v) is 11.0. The second-order valence-corrected chi connectivity index (χ2v) is 8.30. The van der Waals surface area contributed by atoms with Gasteiger partial charge in [-0.05, 0) is 49.8 Å². The van der Waals surface area contributed by atoms with Crippen molar-refractivity contribution < 1.29 is 13.9 Å². The predicted octanol–water partition coefficient (Wildman–Crippen LogP) is 7.28. The fourth-order valence-electron chi connectivity index (χ4n) is 2.54. The van der Waals surface area contributed by atoms with Gasteiger partial charge in [0.2, 0.25) is 0 Å². The van der Waals surface area contributed by atoms with Crippen LogP contribution in [0.2, 0.25) is 10.0 Å². The van der Waals surface area contributed by atoms with E-state index in [1.807, 2.05) is 26.0 Å². The van der Waals surface area contributed by atoms with E-state index in [9.17, 15) is 9.18 Å². The van der Waals surface area contributed by atoms with Crippen LogP contribution in [0.25, 0.3) is 0 Å². The van der Waals surface area contributed by atoms with Gasteiger partial charge >= 0.3 is 0 Å². The maximum atomic E-state index is 13.9. The Morgan fingerprint density at radius 3 is 2.52 bits per heavy atom. The number of carbonyl (C=O) groups is 1. The average molecular weight is 444 g/mol. The molecule has 0 bridgehead atoms. The maximum absolute atomic E-state index is 13.9. The number of rotatable bonds is 13. The lowest BCUT2D eigenvalue weighted by Crippen LogP contribution is -2.27. The van der Waals surface area contributed by atoms with Gasteiger partial charge in [-0.25, -0.2) is 4.39 Å². The molecule has 0 saturated heterocycles. The number of benzene rings is 1. The summed E-state index contributed by atoms with van der Waals surface area (Å²) in [5.41, 5.74) is 0.366. The topological polar surface area (TPSA) is 38.3 Å². The lowest BCUT2D eigenvalue weighted by atomic mass is 10.1. The molecule has 0 saturated carbocycles. The van der Waals surface area contributed by atoms with Gasteiger partial charge in [-0.3, -0.25) is 4.79 Å². The van der Waals surface area contributed by atoms with Crippen molar-refractivity contribution in [3.8, 4) is 5.75 Å². The van der Waals surface area contributed by atoms with Crippen LogP contribution in [0.3, 0.4) is 0 Å². The molecule has 0 unspecified atom stereocenters. The molecule has 0 heterocycles. The molecule has 0 aromatic heterocycles. The molecule has 162 valence electrons. The second-order valence-electron chi connectivity index (χ2n) is 7.48. The summed E-state index contributed by atoms with van der Waals surface area (Å²) in [4.78, 5) is 11.7. The Balaban J connectivity index is 2.11. The lowest BCUT2D eigenvalue weighted by molar-refractivity contribution is -0.119. The number of hydrogen-bond donors (Lipinski definition) is 1. The summed E-state index contributed by atoms with van der Waals surface area (Å²) >= 11 is 11.8. The van der Waals surface area contributed by atoms with Crippen LogP contribution < -0.4 is 10.1 Å². The summed E-state index contributed by atoms with van der Waals surface area (Å²) in [6.45, 7) is 6.69. The van der Waals surface area contributed by atoms with E-state index in [4.69, 9.17) is 27.9 Å². The third-order valence-electron chi connectivity index (χ3n) is 4.26. The van der Waals surface area contributed by atoms with Gasteiger partial charge in [0.05, 0.1) is 16.7 Å². The molecular formula is C23H32Cl2FNO2. The van der Waals surface area contributed by atoms with E-state index in [1.165, 1.54) is 0 Å². The summed E-state index contributed by atoms with van der Waals surface area (Å²) in [6.07, 6.45) is 9.84. The molecule has 3 nitrogen and oxygen atoms in total. The zero-order chi connectivity index (χ0) is 21.6. The minimum absolute atomic E-state index is 0.296. The zero-order valence-corrected chi connectivity index (χ0v) is 19.1. The Kier molecular flexibility index (Phi) is 12.7. The first kappa shape index (κ1) is 25.5. The van der Waals surface area contributed by atoms with Crippen LogP contribution in [-0.2, 0) is 4.79 Å². The van der Waals surface area contributed by atoms with E-state index in [2.05, 4.69) is 5.32 Å². The number of nitrogens with one attached hydrogen (secondary N) is 1. The molecular weight excluding hydrogens is 412 g/mol. The van der Waals surface area contributed by atoms with Crippen molar-refractivity contribution in [2.75, 3.05) is 13.2 Å². The summed E-state index contributed by atoms with van der Waals surface area (Å²) in [5.74, 6) is -0.309. The molecule has 0 radical (unpaired) electrons. The molecule has 0 spiro atoms. The third kappa shape index (κ3) is 11.3. The highest BCUT2D eigenvalue weighted by Crippen LogP contribution is 2.26. The minimum atomic E-state index is -0.705. The van der Waals surface area contributed by atoms with Crippen LogP contribution >= 0.6 is 23.2 Å². The number of amides is 1. The van der Waals surface area contributed by atoms with Gasteiger partial charge in [0.1, 0.15) is 5.75 Å². The molecule has 29 heavy (non-hydrogen) atoms. The lowest BCUT2D eigenvalue weighted by Gasteiger charge is -2.07. The first-order chi connectivity index (χ1) is 13.8. The van der Waals surface area contributed by atoms with Crippen LogP contribution in [0, 0.1) is 5.92 Å². The molecule has 0 aliphatic heterocycles. The smallest absolute Gasteiger partial charge is 0.280 e. The zero-order valence-electron chi connectivity index (χ0n) is 17.6. The predicted molar refractivity (Wildman–Crippen MR) is 120 cm³/mol. The molecule has 1 amide bonds. The molecule has 0 aliphatic carbocycles. The number of ether oxygens (including phenoxy) is 1. The Labute approximate surface area is 184 Å². The third-order valence-corrected chi connectivity index (χ3v) is 5.00. The van der Waals surface area contributed by atoms with Gasteiger partial charge in [-0.1, -0.05) is 68.5 Å². The largest absolute Gasteiger partial charge is 0.494 e. The summed E-state index contributed by atoms with van der Waals surface area (Å²) in [5, 5.41) is 3.61. The molecule has 1 aromatic rings.